The number of aryl methyl sites for hydroxylation is 2. The quantitative estimate of drug-likeness (QED) is 0.0911. The van der Waals surface area contributed by atoms with E-state index in [9.17, 15) is 14.4 Å². The molecule has 1 aliphatic heterocycles. The van der Waals surface area contributed by atoms with E-state index >= 15 is 0 Å². The number of amides is 3. The zero-order chi connectivity index (χ0) is 43.3. The highest BCUT2D eigenvalue weighted by Gasteiger charge is 2.33. The second-order valence-corrected chi connectivity index (χ2v) is 16.5. The number of benzene rings is 2. The van der Waals surface area contributed by atoms with Crippen molar-refractivity contribution in [1.82, 2.24) is 40.7 Å². The van der Waals surface area contributed by atoms with Crippen LogP contribution in [0.25, 0.3) is 11.1 Å². The van der Waals surface area contributed by atoms with Gasteiger partial charge >= 0.3 is 0 Å². The van der Waals surface area contributed by atoms with Gasteiger partial charge in [-0.25, -0.2) is 15.0 Å². The number of hydrogen-bond acceptors (Lipinski definition) is 11. The lowest BCUT2D eigenvalue weighted by Gasteiger charge is -2.39. The number of aromatic nitrogens is 3. The molecule has 6 rings (SSSR count). The molecule has 1 aliphatic carbocycles. The number of nitrogen functional groups attached to an aromatic ring is 1. The average Bonchev–Trinajstić information content (AvgIpc) is 3.66. The van der Waals surface area contributed by atoms with Gasteiger partial charge in [0.05, 0.1) is 31.4 Å². The van der Waals surface area contributed by atoms with Gasteiger partial charge in [0.2, 0.25) is 11.8 Å². The molecule has 14 nitrogen and oxygen atoms in total. The number of ether oxygens (including phenoxy) is 1. The number of piperazine rings is 1. The molecule has 3 heterocycles. The summed E-state index contributed by atoms with van der Waals surface area (Å²) in [7, 11) is 0. The molecule has 1 fully saturated rings. The molecule has 326 valence electrons. The van der Waals surface area contributed by atoms with Gasteiger partial charge in [-0.15, -0.1) is 0 Å². The van der Waals surface area contributed by atoms with E-state index in [1.807, 2.05) is 41.3 Å². The highest BCUT2D eigenvalue weighted by Crippen LogP contribution is 2.37. The number of nitrogens with two attached hydrogens (primary N) is 1. The van der Waals surface area contributed by atoms with E-state index in [-0.39, 0.29) is 36.0 Å². The third-order valence-electron chi connectivity index (χ3n) is 11.6. The van der Waals surface area contributed by atoms with Gasteiger partial charge in [-0.2, -0.15) is 0 Å². The number of fused-ring (bicyclic) bond motifs is 1. The van der Waals surface area contributed by atoms with Crippen molar-refractivity contribution in [2.75, 3.05) is 89.3 Å². The number of anilines is 2. The second kappa shape index (κ2) is 22.1. The van der Waals surface area contributed by atoms with Gasteiger partial charge < -0.3 is 36.2 Å². The number of nitrogens with one attached hydrogen (secondary N) is 3. The summed E-state index contributed by atoms with van der Waals surface area (Å²) in [6, 6.07) is 17.6. The van der Waals surface area contributed by atoms with Gasteiger partial charge in [-0.05, 0) is 73.9 Å². The van der Waals surface area contributed by atoms with Crippen LogP contribution in [-0.2, 0) is 27.2 Å². The molecule has 5 N–H and O–H groups in total. The fraction of sp³-hybridized carbons (Fsp3) is 0.478. The van der Waals surface area contributed by atoms with E-state index in [4.69, 9.17) is 22.1 Å². The zero-order valence-corrected chi connectivity index (χ0v) is 36.7. The Balaban J connectivity index is 0.895. The van der Waals surface area contributed by atoms with E-state index in [0.29, 0.717) is 88.7 Å². The van der Waals surface area contributed by atoms with Gasteiger partial charge in [0.1, 0.15) is 12.1 Å². The molecule has 4 aromatic rings. The molecule has 2 aromatic heterocycles. The highest BCUT2D eigenvalue weighted by atomic mass is 35.5. The maximum absolute atomic E-state index is 14.3. The number of hydrogen-bond donors (Lipinski definition) is 4. The Bertz CT molecular complexity index is 2090. The molecule has 0 bridgehead atoms. The van der Waals surface area contributed by atoms with Crippen LogP contribution in [0.4, 0.5) is 11.5 Å². The standard InChI is InChI=1S/C46H61ClN10O4/c1-5-33-7-6-8-35(25-33)36-26-39(48)43(52-27-36)45(59)51-17-24-61-23-16-49-28-41(58)50-15-18-57(31(2)3)29-38(34-10-12-37(47)13-11-34)46(60)56-21-19-55(20-22-56)44-42-32(4)9-14-40(42)53-30-54-44/h6-8,10-13,25-27,30-32,38,49H,5,9,14-24,28-29,48H2,1-4H3,(H,50,58)(H,51,59). The summed E-state index contributed by atoms with van der Waals surface area (Å²) in [5.41, 5.74) is 13.1. The largest absolute Gasteiger partial charge is 0.397 e. The lowest BCUT2D eigenvalue weighted by atomic mass is 9.95. The molecule has 0 saturated carbocycles. The smallest absolute Gasteiger partial charge is 0.272 e. The van der Waals surface area contributed by atoms with Crippen LogP contribution in [0, 0.1) is 0 Å². The normalized spacial score (nSPS) is 15.6. The van der Waals surface area contributed by atoms with E-state index in [1.54, 1.807) is 18.6 Å². The minimum Gasteiger partial charge on any atom is -0.397 e. The molecule has 61 heavy (non-hydrogen) atoms. The van der Waals surface area contributed by atoms with Crippen LogP contribution in [0.15, 0.2) is 67.1 Å². The van der Waals surface area contributed by atoms with Crippen LogP contribution in [0.5, 0.6) is 0 Å². The first-order valence-corrected chi connectivity index (χ1v) is 21.9. The molecule has 15 heteroatoms. The number of carbonyl (C=O) groups excluding carboxylic acids is 3. The maximum Gasteiger partial charge on any atom is 0.272 e. The van der Waals surface area contributed by atoms with Crippen LogP contribution in [0.1, 0.15) is 78.8 Å². The maximum atomic E-state index is 14.3. The Morgan fingerprint density at radius 2 is 1.72 bits per heavy atom. The molecule has 2 atom stereocenters. The van der Waals surface area contributed by atoms with E-state index in [2.05, 4.69) is 80.5 Å². The topological polar surface area (TPSA) is 171 Å². The molecular weight excluding hydrogens is 792 g/mol. The Hall–Kier alpha value is -5.15. The third-order valence-corrected chi connectivity index (χ3v) is 11.9. The van der Waals surface area contributed by atoms with Crippen LogP contribution in [-0.4, -0.2) is 127 Å². The first-order chi connectivity index (χ1) is 29.5. The third kappa shape index (κ3) is 12.2. The molecule has 2 unspecified atom stereocenters. The summed E-state index contributed by atoms with van der Waals surface area (Å²) in [5, 5.41) is 9.54. The average molecular weight is 854 g/mol. The van der Waals surface area contributed by atoms with Crippen molar-refractivity contribution < 1.29 is 19.1 Å². The molecule has 0 radical (unpaired) electrons. The van der Waals surface area contributed by atoms with E-state index < -0.39 is 5.92 Å². The SMILES string of the molecule is CCc1cccc(-c2cnc(C(=O)NCCOCCNCC(=O)NCCN(CC(C(=O)N3CCN(c4ncnc5c4C(C)CC5)CC3)c3ccc(Cl)cc3)C(C)C)c(N)c2)c1. The Morgan fingerprint density at radius 3 is 2.46 bits per heavy atom. The fourth-order valence-electron chi connectivity index (χ4n) is 8.02. The summed E-state index contributed by atoms with van der Waals surface area (Å²) in [5.74, 6) is 0.661. The predicted molar refractivity (Wildman–Crippen MR) is 241 cm³/mol. The molecule has 3 amide bonds. The van der Waals surface area contributed by atoms with Crippen molar-refractivity contribution in [3.05, 3.63) is 100 Å². The predicted octanol–water partition coefficient (Wildman–Crippen LogP) is 4.68. The Labute approximate surface area is 365 Å². The van der Waals surface area contributed by atoms with Crippen LogP contribution < -0.4 is 26.6 Å². The first-order valence-electron chi connectivity index (χ1n) is 21.6. The number of pyridine rings is 1. The van der Waals surface area contributed by atoms with E-state index in [0.717, 1.165) is 47.5 Å². The van der Waals surface area contributed by atoms with Gasteiger partial charge in [0, 0.05) is 93.0 Å². The summed E-state index contributed by atoms with van der Waals surface area (Å²) in [6.07, 6.45) is 6.35. The summed E-state index contributed by atoms with van der Waals surface area (Å²) in [6.45, 7) is 14.3. The van der Waals surface area contributed by atoms with Crippen molar-refractivity contribution in [2.24, 2.45) is 0 Å². The highest BCUT2D eigenvalue weighted by molar-refractivity contribution is 6.30. The van der Waals surface area contributed by atoms with Gasteiger partial charge in [0.25, 0.3) is 5.91 Å². The summed E-state index contributed by atoms with van der Waals surface area (Å²) < 4.78 is 5.64. The van der Waals surface area contributed by atoms with Crippen molar-refractivity contribution in [3.8, 4) is 11.1 Å². The Morgan fingerprint density at radius 1 is 0.951 bits per heavy atom. The Kier molecular flexibility index (Phi) is 16.4. The fourth-order valence-corrected chi connectivity index (χ4v) is 8.15. The summed E-state index contributed by atoms with van der Waals surface area (Å²) in [4.78, 5) is 59.8. The lowest BCUT2D eigenvalue weighted by molar-refractivity contribution is -0.133. The summed E-state index contributed by atoms with van der Waals surface area (Å²) >= 11 is 6.26. The second-order valence-electron chi connectivity index (χ2n) is 16.1. The number of rotatable bonds is 20. The molecule has 2 aliphatic rings. The van der Waals surface area contributed by atoms with Gasteiger partial charge in [0.15, 0.2) is 5.69 Å². The zero-order valence-electron chi connectivity index (χ0n) is 36.0. The number of nitrogens with zero attached hydrogens (tertiary/aromatic N) is 6. The molecule has 0 spiro atoms. The van der Waals surface area contributed by atoms with Crippen molar-refractivity contribution in [3.63, 3.8) is 0 Å². The monoisotopic (exact) mass is 852 g/mol. The van der Waals surface area contributed by atoms with Crippen molar-refractivity contribution in [1.29, 1.82) is 0 Å². The molecule has 1 saturated heterocycles. The van der Waals surface area contributed by atoms with Gasteiger partial charge in [-0.1, -0.05) is 61.8 Å². The molecule has 2 aromatic carbocycles. The number of halogens is 1. The van der Waals surface area contributed by atoms with Crippen LogP contribution in [0.3, 0.4) is 0 Å². The molecular formula is C46H61ClN10O4. The minimum absolute atomic E-state index is 0.0904. The first kappa shape index (κ1) is 45.4. The van der Waals surface area contributed by atoms with Crippen LogP contribution >= 0.6 is 11.6 Å². The van der Waals surface area contributed by atoms with Crippen molar-refractivity contribution in [2.45, 2.75) is 64.8 Å². The van der Waals surface area contributed by atoms with Crippen LogP contribution in [0.2, 0.25) is 5.02 Å². The van der Waals surface area contributed by atoms with E-state index in [1.165, 1.54) is 11.1 Å². The van der Waals surface area contributed by atoms with Gasteiger partial charge in [-0.3, -0.25) is 19.3 Å². The lowest BCUT2D eigenvalue weighted by Crippen LogP contribution is -2.52. The minimum atomic E-state index is -0.393. The number of carbonyl (C=O) groups is 3. The van der Waals surface area contributed by atoms with Crippen molar-refractivity contribution >= 4 is 40.8 Å².